The number of carbonyl (C=O) groups excluding carboxylic acids is 3. The fourth-order valence-electron chi connectivity index (χ4n) is 4.02. The number of phenolic OH excluding ortho intramolecular Hbond substituents is 1. The molecule has 3 N–H and O–H groups in total. The molecule has 0 spiro atoms. The zero-order chi connectivity index (χ0) is 28.1. The fourth-order valence-corrected chi connectivity index (χ4v) is 4.02. The van der Waals surface area contributed by atoms with Gasteiger partial charge >= 0.3 is 6.09 Å². The van der Waals surface area contributed by atoms with Crippen molar-refractivity contribution in [2.24, 2.45) is 5.92 Å². The molecule has 37 heavy (non-hydrogen) atoms. The van der Waals surface area contributed by atoms with Crippen molar-refractivity contribution in [2.75, 3.05) is 5.32 Å². The number of hydrogen-bond donors (Lipinski definition) is 3. The molecule has 0 aliphatic carbocycles. The summed E-state index contributed by atoms with van der Waals surface area (Å²) in [6, 6.07) is 9.88. The first kappa shape index (κ1) is 29.7. The molecular formula is C29H41N3O5. The maximum absolute atomic E-state index is 14.1. The lowest BCUT2D eigenvalue weighted by Gasteiger charge is -2.38. The van der Waals surface area contributed by atoms with Crippen LogP contribution < -0.4 is 10.6 Å². The van der Waals surface area contributed by atoms with Crippen molar-refractivity contribution in [1.29, 1.82) is 0 Å². The van der Waals surface area contributed by atoms with Gasteiger partial charge in [0.1, 0.15) is 23.4 Å². The zero-order valence-electron chi connectivity index (χ0n) is 23.4. The standard InChI is InChI=1S/C29H41N3O5/c1-17(2)23(31-28(36)37-29(7,8)9)27(35)32(18(3)4)24(21-15-12-14-20(6)25(21)33)26(34)30-22-16-11-10-13-19(22)5/h10-18,23-24,33H,1-9H3,(H,30,34)(H,31,36). The van der Waals surface area contributed by atoms with Gasteiger partial charge in [-0.15, -0.1) is 0 Å². The van der Waals surface area contributed by atoms with E-state index in [2.05, 4.69) is 10.6 Å². The van der Waals surface area contributed by atoms with Gasteiger partial charge in [-0.05, 0) is 71.6 Å². The molecule has 2 aromatic rings. The van der Waals surface area contributed by atoms with Crippen molar-refractivity contribution in [2.45, 2.75) is 86.0 Å². The van der Waals surface area contributed by atoms with Crippen molar-refractivity contribution >= 4 is 23.6 Å². The van der Waals surface area contributed by atoms with E-state index in [4.69, 9.17) is 4.74 Å². The van der Waals surface area contributed by atoms with Crippen LogP contribution in [0.2, 0.25) is 0 Å². The summed E-state index contributed by atoms with van der Waals surface area (Å²) in [5.74, 6) is -1.29. The van der Waals surface area contributed by atoms with Crippen LogP contribution >= 0.6 is 0 Å². The Hall–Kier alpha value is -3.55. The number of aromatic hydroxyl groups is 1. The van der Waals surface area contributed by atoms with Crippen LogP contribution in [-0.4, -0.2) is 45.6 Å². The van der Waals surface area contributed by atoms with Crippen molar-refractivity contribution in [3.63, 3.8) is 0 Å². The van der Waals surface area contributed by atoms with Crippen LogP contribution in [0.4, 0.5) is 10.5 Å². The number of benzene rings is 2. The van der Waals surface area contributed by atoms with Crippen LogP contribution in [0.25, 0.3) is 0 Å². The lowest BCUT2D eigenvalue weighted by atomic mass is 9.95. The molecule has 8 heteroatoms. The maximum Gasteiger partial charge on any atom is 0.408 e. The fraction of sp³-hybridized carbons (Fsp3) is 0.483. The molecule has 202 valence electrons. The van der Waals surface area contributed by atoms with Gasteiger partial charge in [-0.2, -0.15) is 0 Å². The second-order valence-corrected chi connectivity index (χ2v) is 10.9. The zero-order valence-corrected chi connectivity index (χ0v) is 23.4. The predicted molar refractivity (Wildman–Crippen MR) is 145 cm³/mol. The average molecular weight is 512 g/mol. The number of phenols is 1. The summed E-state index contributed by atoms with van der Waals surface area (Å²) in [7, 11) is 0. The predicted octanol–water partition coefficient (Wildman–Crippen LogP) is 5.48. The Balaban J connectivity index is 2.58. The summed E-state index contributed by atoms with van der Waals surface area (Å²) in [6.45, 7) is 16.0. The maximum atomic E-state index is 14.1. The largest absolute Gasteiger partial charge is 0.507 e. The Morgan fingerprint density at radius 2 is 1.51 bits per heavy atom. The minimum atomic E-state index is -1.16. The second-order valence-electron chi connectivity index (χ2n) is 10.9. The molecule has 0 bridgehead atoms. The average Bonchev–Trinajstić information content (AvgIpc) is 2.77. The first-order chi connectivity index (χ1) is 17.1. The number of nitrogens with zero attached hydrogens (tertiary/aromatic N) is 1. The monoisotopic (exact) mass is 511 g/mol. The Kier molecular flexibility index (Phi) is 9.73. The molecule has 0 aliphatic heterocycles. The lowest BCUT2D eigenvalue weighted by molar-refractivity contribution is -0.143. The number of carbonyl (C=O) groups is 3. The van der Waals surface area contributed by atoms with E-state index < -0.39 is 41.6 Å². The highest BCUT2D eigenvalue weighted by molar-refractivity contribution is 6.00. The number of nitrogens with one attached hydrogen (secondary N) is 2. The number of hydrogen-bond acceptors (Lipinski definition) is 5. The van der Waals surface area contributed by atoms with Gasteiger partial charge in [-0.3, -0.25) is 9.59 Å². The van der Waals surface area contributed by atoms with E-state index in [1.165, 1.54) is 4.90 Å². The van der Waals surface area contributed by atoms with Crippen LogP contribution in [0.1, 0.15) is 71.2 Å². The third-order valence-corrected chi connectivity index (χ3v) is 5.91. The molecule has 0 heterocycles. The molecule has 0 radical (unpaired) electrons. The molecule has 0 aromatic heterocycles. The van der Waals surface area contributed by atoms with E-state index in [1.807, 2.05) is 39.0 Å². The summed E-state index contributed by atoms with van der Waals surface area (Å²) in [4.78, 5) is 41.9. The van der Waals surface area contributed by atoms with E-state index in [1.54, 1.807) is 65.8 Å². The van der Waals surface area contributed by atoms with Crippen molar-refractivity contribution < 1.29 is 24.2 Å². The van der Waals surface area contributed by atoms with Gasteiger partial charge < -0.3 is 25.4 Å². The van der Waals surface area contributed by atoms with Crippen LogP contribution in [0.15, 0.2) is 42.5 Å². The van der Waals surface area contributed by atoms with E-state index >= 15 is 0 Å². The highest BCUT2D eigenvalue weighted by Gasteiger charge is 2.40. The van der Waals surface area contributed by atoms with Gasteiger partial charge in [0.2, 0.25) is 5.91 Å². The molecule has 3 amide bonds. The topological polar surface area (TPSA) is 108 Å². The van der Waals surface area contributed by atoms with Crippen molar-refractivity contribution in [3.8, 4) is 5.75 Å². The van der Waals surface area contributed by atoms with Gasteiger partial charge in [0.25, 0.3) is 5.91 Å². The number of ether oxygens (including phenoxy) is 1. The van der Waals surface area contributed by atoms with Gasteiger partial charge in [0.05, 0.1) is 0 Å². The minimum absolute atomic E-state index is 0.0629. The SMILES string of the molecule is Cc1ccccc1NC(=O)C(c1cccc(C)c1O)N(C(=O)C(NC(=O)OC(C)(C)C)C(C)C)C(C)C. The number of aryl methyl sites for hydroxylation is 2. The number of alkyl carbamates (subject to hydrolysis) is 1. The second kappa shape index (κ2) is 12.1. The number of amides is 3. The van der Waals surface area contributed by atoms with E-state index in [9.17, 15) is 19.5 Å². The number of para-hydroxylation sites is 2. The third kappa shape index (κ3) is 7.71. The highest BCUT2D eigenvalue weighted by atomic mass is 16.6. The Labute approximate surface area is 220 Å². The van der Waals surface area contributed by atoms with Crippen LogP contribution in [0.3, 0.4) is 0 Å². The first-order valence-corrected chi connectivity index (χ1v) is 12.6. The molecule has 0 saturated heterocycles. The summed E-state index contributed by atoms with van der Waals surface area (Å²) >= 11 is 0. The molecule has 2 unspecified atom stereocenters. The third-order valence-electron chi connectivity index (χ3n) is 5.91. The molecule has 8 nitrogen and oxygen atoms in total. The van der Waals surface area contributed by atoms with E-state index in [0.29, 0.717) is 16.8 Å². The van der Waals surface area contributed by atoms with Crippen LogP contribution in [-0.2, 0) is 14.3 Å². The van der Waals surface area contributed by atoms with Crippen LogP contribution in [0, 0.1) is 19.8 Å². The van der Waals surface area contributed by atoms with Gasteiger partial charge in [-0.25, -0.2) is 4.79 Å². The van der Waals surface area contributed by atoms with Crippen LogP contribution in [0.5, 0.6) is 5.75 Å². The number of anilines is 1. The first-order valence-electron chi connectivity index (χ1n) is 12.6. The van der Waals surface area contributed by atoms with Crippen molar-refractivity contribution in [3.05, 3.63) is 59.2 Å². The molecule has 0 fully saturated rings. The van der Waals surface area contributed by atoms with Gasteiger partial charge in [0, 0.05) is 17.3 Å². The Bertz CT molecular complexity index is 1120. The van der Waals surface area contributed by atoms with Gasteiger partial charge in [-0.1, -0.05) is 50.2 Å². The lowest BCUT2D eigenvalue weighted by Crippen LogP contribution is -2.56. The summed E-state index contributed by atoms with van der Waals surface area (Å²) < 4.78 is 5.39. The Morgan fingerprint density at radius 3 is 2.05 bits per heavy atom. The highest BCUT2D eigenvalue weighted by Crippen LogP contribution is 2.34. The molecule has 2 aromatic carbocycles. The molecule has 0 saturated carbocycles. The summed E-state index contributed by atoms with van der Waals surface area (Å²) in [6.07, 6.45) is -0.720. The molecule has 0 aliphatic rings. The quantitative estimate of drug-likeness (QED) is 0.435. The number of rotatable bonds is 8. The van der Waals surface area contributed by atoms with Crippen molar-refractivity contribution in [1.82, 2.24) is 10.2 Å². The van der Waals surface area contributed by atoms with Gasteiger partial charge in [0.15, 0.2) is 0 Å². The minimum Gasteiger partial charge on any atom is -0.507 e. The van der Waals surface area contributed by atoms with E-state index in [0.717, 1.165) is 5.56 Å². The molecule has 2 atom stereocenters. The summed E-state index contributed by atoms with van der Waals surface area (Å²) in [5, 5.41) is 16.6. The summed E-state index contributed by atoms with van der Waals surface area (Å²) in [5.41, 5.74) is 1.60. The smallest absolute Gasteiger partial charge is 0.408 e. The van der Waals surface area contributed by atoms with E-state index in [-0.39, 0.29) is 11.7 Å². The molecule has 2 rings (SSSR count). The molecular weight excluding hydrogens is 470 g/mol. The Morgan fingerprint density at radius 1 is 0.919 bits per heavy atom. The normalized spacial score (nSPS) is 13.2.